The van der Waals surface area contributed by atoms with Gasteiger partial charge in [-0.1, -0.05) is 38.1 Å². The molecule has 1 aromatic rings. The van der Waals surface area contributed by atoms with E-state index in [1.165, 1.54) is 11.1 Å². The SMILES string of the molecule is CC(C)Cc1ccc(C(C)NCC2CN(C)CCO2)cc1. The molecule has 2 unspecified atom stereocenters. The van der Waals surface area contributed by atoms with Crippen molar-refractivity contribution in [3.05, 3.63) is 35.4 Å². The monoisotopic (exact) mass is 290 g/mol. The van der Waals surface area contributed by atoms with Crippen LogP contribution in [-0.4, -0.2) is 44.3 Å². The number of likely N-dealkylation sites (N-methyl/N-ethyl adjacent to an activating group) is 1. The molecule has 0 aliphatic carbocycles. The third-order valence-corrected chi connectivity index (χ3v) is 4.12. The number of nitrogens with zero attached hydrogens (tertiary/aromatic N) is 1. The van der Waals surface area contributed by atoms with E-state index in [-0.39, 0.29) is 0 Å². The molecule has 3 heteroatoms. The normalized spacial score (nSPS) is 21.7. The minimum atomic E-state index is 0.311. The molecular formula is C18H30N2O. The van der Waals surface area contributed by atoms with Crippen molar-refractivity contribution < 1.29 is 4.74 Å². The highest BCUT2D eigenvalue weighted by atomic mass is 16.5. The standard InChI is InChI=1S/C18H30N2O/c1-14(2)11-16-5-7-17(8-6-16)15(3)19-12-18-13-20(4)9-10-21-18/h5-8,14-15,18-19H,9-13H2,1-4H3. The molecule has 0 aromatic heterocycles. The van der Waals surface area contributed by atoms with E-state index in [1.54, 1.807) is 0 Å². The molecular weight excluding hydrogens is 260 g/mol. The molecule has 0 bridgehead atoms. The van der Waals surface area contributed by atoms with Gasteiger partial charge in [0.2, 0.25) is 0 Å². The molecule has 0 saturated carbocycles. The summed E-state index contributed by atoms with van der Waals surface area (Å²) >= 11 is 0. The van der Waals surface area contributed by atoms with Crippen LogP contribution in [0.4, 0.5) is 0 Å². The van der Waals surface area contributed by atoms with Gasteiger partial charge >= 0.3 is 0 Å². The highest BCUT2D eigenvalue weighted by Gasteiger charge is 2.18. The van der Waals surface area contributed by atoms with Crippen LogP contribution in [0.2, 0.25) is 0 Å². The Balaban J connectivity index is 1.81. The summed E-state index contributed by atoms with van der Waals surface area (Å²) in [6.07, 6.45) is 1.47. The van der Waals surface area contributed by atoms with Crippen LogP contribution in [0.25, 0.3) is 0 Å². The van der Waals surface area contributed by atoms with Gasteiger partial charge in [0.05, 0.1) is 12.7 Å². The van der Waals surface area contributed by atoms with E-state index in [1.807, 2.05) is 0 Å². The average Bonchev–Trinajstić information content (AvgIpc) is 2.45. The number of hydrogen-bond donors (Lipinski definition) is 1. The Hall–Kier alpha value is -0.900. The Morgan fingerprint density at radius 2 is 1.95 bits per heavy atom. The quantitative estimate of drug-likeness (QED) is 0.872. The van der Waals surface area contributed by atoms with Crippen LogP contribution in [0.15, 0.2) is 24.3 Å². The number of rotatable bonds is 6. The molecule has 2 atom stereocenters. The van der Waals surface area contributed by atoms with Crippen LogP contribution < -0.4 is 5.32 Å². The lowest BCUT2D eigenvalue weighted by atomic mass is 10.00. The zero-order valence-corrected chi connectivity index (χ0v) is 13.9. The fraction of sp³-hybridized carbons (Fsp3) is 0.667. The highest BCUT2D eigenvalue weighted by Crippen LogP contribution is 2.16. The lowest BCUT2D eigenvalue weighted by molar-refractivity contribution is -0.0190. The largest absolute Gasteiger partial charge is 0.374 e. The fourth-order valence-electron chi connectivity index (χ4n) is 2.83. The number of hydrogen-bond acceptors (Lipinski definition) is 3. The zero-order valence-electron chi connectivity index (χ0n) is 13.9. The van der Waals surface area contributed by atoms with Crippen LogP contribution >= 0.6 is 0 Å². The second-order valence-electron chi connectivity index (χ2n) is 6.72. The van der Waals surface area contributed by atoms with E-state index in [4.69, 9.17) is 4.74 Å². The molecule has 1 N–H and O–H groups in total. The summed E-state index contributed by atoms with van der Waals surface area (Å²) < 4.78 is 5.79. The Morgan fingerprint density at radius 3 is 2.57 bits per heavy atom. The van der Waals surface area contributed by atoms with Crippen molar-refractivity contribution in [1.29, 1.82) is 0 Å². The van der Waals surface area contributed by atoms with E-state index < -0.39 is 0 Å². The van der Waals surface area contributed by atoms with Gasteiger partial charge in [0.1, 0.15) is 0 Å². The van der Waals surface area contributed by atoms with E-state index in [2.05, 4.69) is 62.3 Å². The minimum Gasteiger partial charge on any atom is -0.374 e. The first-order valence-corrected chi connectivity index (χ1v) is 8.17. The van der Waals surface area contributed by atoms with Crippen LogP contribution in [0, 0.1) is 5.92 Å². The highest BCUT2D eigenvalue weighted by molar-refractivity contribution is 5.25. The Kier molecular flexibility index (Phi) is 6.22. The number of nitrogens with one attached hydrogen (secondary N) is 1. The van der Waals surface area contributed by atoms with Gasteiger partial charge in [-0.15, -0.1) is 0 Å². The summed E-state index contributed by atoms with van der Waals surface area (Å²) in [5.41, 5.74) is 2.78. The molecule has 1 aromatic carbocycles. The summed E-state index contributed by atoms with van der Waals surface area (Å²) in [6, 6.07) is 9.40. The third-order valence-electron chi connectivity index (χ3n) is 4.12. The maximum absolute atomic E-state index is 5.79. The molecule has 3 nitrogen and oxygen atoms in total. The summed E-state index contributed by atoms with van der Waals surface area (Å²) in [4.78, 5) is 2.33. The molecule has 2 rings (SSSR count). The second kappa shape index (κ2) is 7.92. The van der Waals surface area contributed by atoms with Gasteiger partial charge in [-0.2, -0.15) is 0 Å². The van der Waals surface area contributed by atoms with Crippen molar-refractivity contribution in [3.63, 3.8) is 0 Å². The molecule has 21 heavy (non-hydrogen) atoms. The average molecular weight is 290 g/mol. The second-order valence-corrected chi connectivity index (χ2v) is 6.72. The van der Waals surface area contributed by atoms with E-state index >= 15 is 0 Å². The third kappa shape index (κ3) is 5.42. The summed E-state index contributed by atoms with van der Waals surface area (Å²) in [7, 11) is 2.16. The van der Waals surface area contributed by atoms with Crippen molar-refractivity contribution in [2.45, 2.75) is 39.3 Å². The van der Waals surface area contributed by atoms with E-state index in [0.29, 0.717) is 18.1 Å². The topological polar surface area (TPSA) is 24.5 Å². The molecule has 0 amide bonds. The Bertz CT molecular complexity index is 416. The fourth-order valence-corrected chi connectivity index (χ4v) is 2.83. The Labute approximate surface area is 129 Å². The van der Waals surface area contributed by atoms with E-state index in [0.717, 1.165) is 32.7 Å². The minimum absolute atomic E-state index is 0.311. The number of morpholine rings is 1. The first-order valence-electron chi connectivity index (χ1n) is 8.17. The first kappa shape index (κ1) is 16.5. The predicted octanol–water partition coefficient (Wildman–Crippen LogP) is 2.87. The molecule has 118 valence electrons. The number of benzene rings is 1. The predicted molar refractivity (Wildman–Crippen MR) is 88.6 cm³/mol. The molecule has 1 aliphatic rings. The smallest absolute Gasteiger partial charge is 0.0826 e. The zero-order chi connectivity index (χ0) is 15.2. The molecule has 1 saturated heterocycles. The summed E-state index contributed by atoms with van der Waals surface area (Å²) in [5, 5.41) is 3.60. The molecule has 1 aliphatic heterocycles. The Morgan fingerprint density at radius 1 is 1.24 bits per heavy atom. The van der Waals surface area contributed by atoms with Gasteiger partial charge in [0.25, 0.3) is 0 Å². The van der Waals surface area contributed by atoms with Crippen molar-refractivity contribution in [2.75, 3.05) is 33.3 Å². The lowest BCUT2D eigenvalue weighted by Gasteiger charge is -2.31. The molecule has 1 fully saturated rings. The van der Waals surface area contributed by atoms with Crippen LogP contribution in [0.5, 0.6) is 0 Å². The van der Waals surface area contributed by atoms with Gasteiger partial charge in [-0.05, 0) is 37.4 Å². The van der Waals surface area contributed by atoms with Gasteiger partial charge in [-0.3, -0.25) is 0 Å². The van der Waals surface area contributed by atoms with Gasteiger partial charge in [-0.25, -0.2) is 0 Å². The van der Waals surface area contributed by atoms with Gasteiger partial charge in [0.15, 0.2) is 0 Å². The summed E-state index contributed by atoms with van der Waals surface area (Å²) in [5.74, 6) is 0.715. The summed E-state index contributed by atoms with van der Waals surface area (Å²) in [6.45, 7) is 10.6. The number of ether oxygens (including phenoxy) is 1. The van der Waals surface area contributed by atoms with Gasteiger partial charge in [0, 0.05) is 25.7 Å². The van der Waals surface area contributed by atoms with Crippen molar-refractivity contribution in [3.8, 4) is 0 Å². The van der Waals surface area contributed by atoms with Crippen molar-refractivity contribution in [2.24, 2.45) is 5.92 Å². The molecule has 0 radical (unpaired) electrons. The van der Waals surface area contributed by atoms with E-state index in [9.17, 15) is 0 Å². The maximum Gasteiger partial charge on any atom is 0.0826 e. The van der Waals surface area contributed by atoms with Crippen LogP contribution in [0.1, 0.15) is 37.9 Å². The van der Waals surface area contributed by atoms with Crippen molar-refractivity contribution in [1.82, 2.24) is 10.2 Å². The van der Waals surface area contributed by atoms with Crippen LogP contribution in [-0.2, 0) is 11.2 Å². The lowest BCUT2D eigenvalue weighted by Crippen LogP contribution is -2.45. The maximum atomic E-state index is 5.79. The first-order chi connectivity index (χ1) is 10.0. The van der Waals surface area contributed by atoms with Crippen LogP contribution in [0.3, 0.4) is 0 Å². The van der Waals surface area contributed by atoms with Crippen molar-refractivity contribution >= 4 is 0 Å². The molecule has 0 spiro atoms. The van der Waals surface area contributed by atoms with Gasteiger partial charge < -0.3 is 15.0 Å². The molecule has 1 heterocycles.